The standard InChI is InChI=1S/C11H11FN2S/c1-7-9(5-6-13)15-10-4-2-3-8(12)11(10)14-7/h2-4,7,9,14H,5H2,1H3. The lowest BCUT2D eigenvalue weighted by Crippen LogP contribution is -2.32. The molecule has 78 valence electrons. The third-order valence-electron chi connectivity index (χ3n) is 2.48. The lowest BCUT2D eigenvalue weighted by atomic mass is 10.1. The van der Waals surface area contributed by atoms with E-state index in [0.29, 0.717) is 12.1 Å². The van der Waals surface area contributed by atoms with Gasteiger partial charge in [0.05, 0.1) is 11.8 Å². The summed E-state index contributed by atoms with van der Waals surface area (Å²) >= 11 is 1.58. The summed E-state index contributed by atoms with van der Waals surface area (Å²) in [7, 11) is 0. The Kier molecular flexibility index (Phi) is 2.83. The molecule has 0 radical (unpaired) electrons. The van der Waals surface area contributed by atoms with Gasteiger partial charge in [-0.15, -0.1) is 11.8 Å². The molecule has 0 fully saturated rings. The van der Waals surface area contributed by atoms with Gasteiger partial charge in [0, 0.05) is 22.6 Å². The Hall–Kier alpha value is -1.21. The first kappa shape index (κ1) is 10.3. The maximum atomic E-state index is 13.4. The first-order valence-electron chi connectivity index (χ1n) is 4.81. The molecule has 2 unspecified atom stereocenters. The molecule has 2 atom stereocenters. The Morgan fingerprint density at radius 2 is 2.40 bits per heavy atom. The van der Waals surface area contributed by atoms with Crippen LogP contribution in [0.15, 0.2) is 23.1 Å². The minimum Gasteiger partial charge on any atom is -0.378 e. The van der Waals surface area contributed by atoms with Crippen molar-refractivity contribution in [1.29, 1.82) is 5.26 Å². The summed E-state index contributed by atoms with van der Waals surface area (Å²) < 4.78 is 13.4. The van der Waals surface area contributed by atoms with Crippen LogP contribution >= 0.6 is 11.8 Å². The summed E-state index contributed by atoms with van der Waals surface area (Å²) in [6.45, 7) is 1.98. The average Bonchev–Trinajstić information content (AvgIpc) is 2.21. The van der Waals surface area contributed by atoms with Gasteiger partial charge in [-0.1, -0.05) is 6.07 Å². The molecule has 2 rings (SSSR count). The van der Waals surface area contributed by atoms with Gasteiger partial charge < -0.3 is 5.32 Å². The van der Waals surface area contributed by atoms with Crippen molar-refractivity contribution < 1.29 is 4.39 Å². The van der Waals surface area contributed by atoms with Crippen LogP contribution in [-0.2, 0) is 0 Å². The number of fused-ring (bicyclic) bond motifs is 1. The van der Waals surface area contributed by atoms with Gasteiger partial charge in [0.25, 0.3) is 0 Å². The zero-order valence-electron chi connectivity index (χ0n) is 8.33. The fraction of sp³-hybridized carbons (Fsp3) is 0.364. The molecule has 1 aliphatic heterocycles. The van der Waals surface area contributed by atoms with Crippen LogP contribution in [0.25, 0.3) is 0 Å². The van der Waals surface area contributed by atoms with Crippen molar-refractivity contribution in [3.8, 4) is 6.07 Å². The van der Waals surface area contributed by atoms with E-state index in [2.05, 4.69) is 11.4 Å². The fourth-order valence-corrected chi connectivity index (χ4v) is 2.82. The molecule has 4 heteroatoms. The Labute approximate surface area is 92.5 Å². The van der Waals surface area contributed by atoms with Gasteiger partial charge in [0.1, 0.15) is 5.82 Å². The number of nitriles is 1. The van der Waals surface area contributed by atoms with Crippen molar-refractivity contribution in [1.82, 2.24) is 0 Å². The minimum atomic E-state index is -0.220. The van der Waals surface area contributed by atoms with E-state index < -0.39 is 0 Å². The highest BCUT2D eigenvalue weighted by Crippen LogP contribution is 2.39. The number of nitrogens with one attached hydrogen (secondary N) is 1. The largest absolute Gasteiger partial charge is 0.378 e. The summed E-state index contributed by atoms with van der Waals surface area (Å²) in [6, 6.07) is 7.31. The molecule has 0 bridgehead atoms. The van der Waals surface area contributed by atoms with E-state index in [1.165, 1.54) is 6.07 Å². The van der Waals surface area contributed by atoms with Gasteiger partial charge in [-0.3, -0.25) is 0 Å². The third kappa shape index (κ3) is 1.93. The number of hydrogen-bond acceptors (Lipinski definition) is 3. The van der Waals surface area contributed by atoms with Crippen molar-refractivity contribution in [3.63, 3.8) is 0 Å². The van der Waals surface area contributed by atoms with E-state index in [4.69, 9.17) is 5.26 Å². The van der Waals surface area contributed by atoms with Gasteiger partial charge >= 0.3 is 0 Å². The molecule has 0 saturated heterocycles. The Balaban J connectivity index is 2.30. The number of nitrogens with zero attached hydrogens (tertiary/aromatic N) is 1. The summed E-state index contributed by atoms with van der Waals surface area (Å²) in [5, 5.41) is 12.0. The molecule has 1 aromatic rings. The number of rotatable bonds is 1. The predicted octanol–water partition coefficient (Wildman–Crippen LogP) is 3.01. The van der Waals surface area contributed by atoms with Crippen LogP contribution in [0.5, 0.6) is 0 Å². The first-order valence-corrected chi connectivity index (χ1v) is 5.69. The molecule has 0 aromatic heterocycles. The smallest absolute Gasteiger partial charge is 0.147 e. The van der Waals surface area contributed by atoms with E-state index >= 15 is 0 Å². The average molecular weight is 222 g/mol. The number of halogens is 1. The number of benzene rings is 1. The second kappa shape index (κ2) is 4.11. The quantitative estimate of drug-likeness (QED) is 0.793. The zero-order chi connectivity index (χ0) is 10.8. The molecule has 2 nitrogen and oxygen atoms in total. The van der Waals surface area contributed by atoms with E-state index in [9.17, 15) is 4.39 Å². The molecule has 0 aliphatic carbocycles. The van der Waals surface area contributed by atoms with Crippen LogP contribution in [0, 0.1) is 17.1 Å². The third-order valence-corrected chi connectivity index (χ3v) is 3.95. The molecular weight excluding hydrogens is 211 g/mol. The number of para-hydroxylation sites is 1. The van der Waals surface area contributed by atoms with E-state index in [0.717, 1.165) is 4.90 Å². The molecular formula is C11H11FN2S. The van der Waals surface area contributed by atoms with Crippen molar-refractivity contribution in [3.05, 3.63) is 24.0 Å². The molecule has 15 heavy (non-hydrogen) atoms. The van der Waals surface area contributed by atoms with E-state index in [-0.39, 0.29) is 17.1 Å². The highest BCUT2D eigenvalue weighted by atomic mass is 32.2. The molecule has 0 amide bonds. The Bertz CT molecular complexity index is 414. The number of thioether (sulfide) groups is 1. The highest BCUT2D eigenvalue weighted by molar-refractivity contribution is 8.00. The number of hydrogen-bond donors (Lipinski definition) is 1. The lowest BCUT2D eigenvalue weighted by molar-refractivity contribution is 0.617. The van der Waals surface area contributed by atoms with Crippen molar-refractivity contribution in [2.45, 2.75) is 29.5 Å². The SMILES string of the molecule is CC1Nc2c(F)cccc2SC1CC#N. The molecule has 1 heterocycles. The van der Waals surface area contributed by atoms with E-state index in [1.54, 1.807) is 17.8 Å². The maximum Gasteiger partial charge on any atom is 0.147 e. The van der Waals surface area contributed by atoms with Crippen LogP contribution in [0.3, 0.4) is 0 Å². The molecule has 1 N–H and O–H groups in total. The van der Waals surface area contributed by atoms with Crippen molar-refractivity contribution in [2.75, 3.05) is 5.32 Å². The first-order chi connectivity index (χ1) is 7.22. The minimum absolute atomic E-state index is 0.124. The normalized spacial score (nSPS) is 23.8. The molecule has 0 spiro atoms. The van der Waals surface area contributed by atoms with Crippen LogP contribution in [-0.4, -0.2) is 11.3 Å². The van der Waals surface area contributed by atoms with Gasteiger partial charge in [-0.05, 0) is 19.1 Å². The summed E-state index contributed by atoms with van der Waals surface area (Å²) in [5.41, 5.74) is 0.573. The molecule has 1 aromatic carbocycles. The predicted molar refractivity (Wildman–Crippen MR) is 59.4 cm³/mol. The summed E-state index contributed by atoms with van der Waals surface area (Å²) in [5.74, 6) is -0.220. The van der Waals surface area contributed by atoms with Crippen LogP contribution in [0.4, 0.5) is 10.1 Å². The Morgan fingerprint density at radius 3 is 3.13 bits per heavy atom. The van der Waals surface area contributed by atoms with Gasteiger partial charge in [0.15, 0.2) is 0 Å². The Morgan fingerprint density at radius 1 is 1.60 bits per heavy atom. The maximum absolute atomic E-state index is 13.4. The second-order valence-electron chi connectivity index (χ2n) is 3.56. The van der Waals surface area contributed by atoms with Gasteiger partial charge in [-0.2, -0.15) is 5.26 Å². The summed E-state index contributed by atoms with van der Waals surface area (Å²) in [4.78, 5) is 0.897. The van der Waals surface area contributed by atoms with Crippen LogP contribution in [0.1, 0.15) is 13.3 Å². The monoisotopic (exact) mass is 222 g/mol. The van der Waals surface area contributed by atoms with Crippen LogP contribution < -0.4 is 5.32 Å². The summed E-state index contributed by atoms with van der Waals surface area (Å²) in [6.07, 6.45) is 0.481. The number of anilines is 1. The molecule has 0 saturated carbocycles. The van der Waals surface area contributed by atoms with E-state index in [1.807, 2.05) is 13.0 Å². The molecule has 1 aliphatic rings. The second-order valence-corrected chi connectivity index (χ2v) is 4.85. The zero-order valence-corrected chi connectivity index (χ0v) is 9.14. The fourth-order valence-electron chi connectivity index (χ4n) is 1.64. The van der Waals surface area contributed by atoms with Crippen molar-refractivity contribution >= 4 is 17.4 Å². The van der Waals surface area contributed by atoms with Crippen molar-refractivity contribution in [2.24, 2.45) is 0 Å². The van der Waals surface area contributed by atoms with Gasteiger partial charge in [0.2, 0.25) is 0 Å². The van der Waals surface area contributed by atoms with Gasteiger partial charge in [-0.25, -0.2) is 4.39 Å². The van der Waals surface area contributed by atoms with Crippen LogP contribution in [0.2, 0.25) is 0 Å². The highest BCUT2D eigenvalue weighted by Gasteiger charge is 2.26. The lowest BCUT2D eigenvalue weighted by Gasteiger charge is -2.30. The topological polar surface area (TPSA) is 35.8 Å².